The van der Waals surface area contributed by atoms with E-state index in [-0.39, 0.29) is 11.4 Å². The quantitative estimate of drug-likeness (QED) is 0.208. The second-order valence-corrected chi connectivity index (χ2v) is 12.3. The van der Waals surface area contributed by atoms with Crippen LogP contribution in [0.25, 0.3) is 0 Å². The van der Waals surface area contributed by atoms with Crippen molar-refractivity contribution in [2.45, 2.75) is 38.8 Å². The number of benzene rings is 4. The maximum absolute atomic E-state index is 13.9. The molecule has 0 unspecified atom stereocenters. The van der Waals surface area contributed by atoms with Crippen LogP contribution in [0.5, 0.6) is 5.75 Å². The minimum absolute atomic E-state index is 0.0638. The zero-order chi connectivity index (χ0) is 28.9. The van der Waals surface area contributed by atoms with Gasteiger partial charge in [0.15, 0.2) is 0 Å². The van der Waals surface area contributed by atoms with Crippen LogP contribution in [0.1, 0.15) is 27.8 Å². The lowest BCUT2D eigenvalue weighted by Gasteiger charge is -2.24. The molecule has 4 aromatic rings. The Morgan fingerprint density at radius 3 is 2.10 bits per heavy atom. The minimum atomic E-state index is -4.05. The van der Waals surface area contributed by atoms with Gasteiger partial charge < -0.3 is 10.1 Å². The van der Waals surface area contributed by atoms with Gasteiger partial charge in [0.1, 0.15) is 12.4 Å². The predicted molar refractivity (Wildman–Crippen MR) is 161 cm³/mol. The van der Waals surface area contributed by atoms with Crippen LogP contribution < -0.4 is 10.1 Å². The molecule has 40 heavy (non-hydrogen) atoms. The summed E-state index contributed by atoms with van der Waals surface area (Å²) in [6, 6.07) is 25.3. The van der Waals surface area contributed by atoms with Gasteiger partial charge in [-0.05, 0) is 79.4 Å². The van der Waals surface area contributed by atoms with Crippen LogP contribution >= 0.6 is 23.2 Å². The highest BCUT2D eigenvalue weighted by molar-refractivity contribution is 7.89. The maximum Gasteiger partial charge on any atom is 0.244 e. The van der Waals surface area contributed by atoms with Crippen LogP contribution in [0.4, 0.5) is 5.69 Å². The zero-order valence-electron chi connectivity index (χ0n) is 22.4. The van der Waals surface area contributed by atoms with Crippen molar-refractivity contribution in [3.8, 4) is 5.75 Å². The summed E-state index contributed by atoms with van der Waals surface area (Å²) in [7, 11) is -4.05. The summed E-state index contributed by atoms with van der Waals surface area (Å²) in [5.41, 5.74) is 4.35. The van der Waals surface area contributed by atoms with Crippen LogP contribution in [0.3, 0.4) is 0 Å². The van der Waals surface area contributed by atoms with E-state index in [2.05, 4.69) is 5.32 Å². The lowest BCUT2D eigenvalue weighted by molar-refractivity contribution is -0.116. The molecule has 0 aliphatic heterocycles. The van der Waals surface area contributed by atoms with Gasteiger partial charge in [-0.25, -0.2) is 8.42 Å². The van der Waals surface area contributed by atoms with Gasteiger partial charge in [0.05, 0.1) is 21.5 Å². The Labute approximate surface area is 245 Å². The van der Waals surface area contributed by atoms with E-state index >= 15 is 0 Å². The van der Waals surface area contributed by atoms with Crippen LogP contribution in [-0.4, -0.2) is 25.2 Å². The number of halogens is 2. The summed E-state index contributed by atoms with van der Waals surface area (Å²) < 4.78 is 34.8. The number of amides is 1. The molecule has 0 spiro atoms. The Kier molecular flexibility index (Phi) is 9.53. The molecule has 0 aliphatic rings. The second kappa shape index (κ2) is 12.9. The molecule has 0 heterocycles. The molecule has 0 saturated carbocycles. The fraction of sp³-hybridized carbons (Fsp3) is 0.194. The monoisotopic (exact) mass is 596 g/mol. The number of carbonyl (C=O) groups excluding carboxylic acids is 1. The first-order valence-corrected chi connectivity index (χ1v) is 14.8. The third kappa shape index (κ3) is 7.43. The molecule has 0 atom stereocenters. The summed E-state index contributed by atoms with van der Waals surface area (Å²) in [6.07, 6.45) is 0. The van der Waals surface area contributed by atoms with E-state index in [9.17, 15) is 13.2 Å². The molecular weight excluding hydrogens is 567 g/mol. The summed E-state index contributed by atoms with van der Waals surface area (Å²) in [5.74, 6) is 0.167. The van der Waals surface area contributed by atoms with Crippen molar-refractivity contribution in [1.82, 2.24) is 4.31 Å². The number of aryl methyl sites for hydroxylation is 3. The third-order valence-corrected chi connectivity index (χ3v) is 9.09. The number of hydrogen-bond donors (Lipinski definition) is 1. The van der Waals surface area contributed by atoms with Crippen molar-refractivity contribution in [2.24, 2.45) is 0 Å². The van der Waals surface area contributed by atoms with Gasteiger partial charge in [0.2, 0.25) is 15.9 Å². The molecule has 0 bridgehead atoms. The van der Waals surface area contributed by atoms with Gasteiger partial charge in [0, 0.05) is 12.2 Å². The van der Waals surface area contributed by atoms with E-state index in [4.69, 9.17) is 27.9 Å². The van der Waals surface area contributed by atoms with Crippen molar-refractivity contribution >= 4 is 44.8 Å². The van der Waals surface area contributed by atoms with E-state index in [1.54, 1.807) is 56.3 Å². The average molecular weight is 598 g/mol. The van der Waals surface area contributed by atoms with Gasteiger partial charge in [-0.3, -0.25) is 4.79 Å². The van der Waals surface area contributed by atoms with Crippen molar-refractivity contribution in [3.63, 3.8) is 0 Å². The molecule has 0 aromatic heterocycles. The SMILES string of the molecule is Cc1cc(C)c(S(=O)(=O)N(CC(=O)Nc2ccc(OCc3ccccc3)cc2)Cc2ccc(Cl)c(Cl)c2)c(C)c1. The number of rotatable bonds is 10. The number of carbonyl (C=O) groups is 1. The smallest absolute Gasteiger partial charge is 0.244 e. The molecule has 0 aliphatic carbocycles. The van der Waals surface area contributed by atoms with Gasteiger partial charge in [-0.1, -0.05) is 77.3 Å². The second-order valence-electron chi connectivity index (χ2n) is 9.60. The number of hydrogen-bond acceptors (Lipinski definition) is 4. The number of anilines is 1. The van der Waals surface area contributed by atoms with E-state index in [0.717, 1.165) is 15.4 Å². The van der Waals surface area contributed by atoms with Crippen molar-refractivity contribution < 1.29 is 17.9 Å². The first-order valence-electron chi connectivity index (χ1n) is 12.6. The topological polar surface area (TPSA) is 75.7 Å². The molecule has 1 amide bonds. The summed E-state index contributed by atoms with van der Waals surface area (Å²) >= 11 is 12.2. The standard InChI is InChI=1S/C31H30Cl2N2O4S/c1-21-15-22(2)31(23(3)16-21)40(37,38)35(18-25-9-14-28(32)29(33)17-25)19-30(36)34-26-10-12-27(13-11-26)39-20-24-7-5-4-6-8-24/h4-17H,18-20H2,1-3H3,(H,34,36). The van der Waals surface area contributed by atoms with Gasteiger partial charge in [-0.15, -0.1) is 0 Å². The van der Waals surface area contributed by atoms with Crippen molar-refractivity contribution in [1.29, 1.82) is 0 Å². The van der Waals surface area contributed by atoms with Gasteiger partial charge in [-0.2, -0.15) is 4.31 Å². The molecule has 0 saturated heterocycles. The lowest BCUT2D eigenvalue weighted by atomic mass is 10.1. The van der Waals surface area contributed by atoms with E-state index < -0.39 is 22.5 Å². The summed E-state index contributed by atoms with van der Waals surface area (Å²) in [4.78, 5) is 13.3. The Balaban J connectivity index is 1.53. The van der Waals surface area contributed by atoms with Crippen LogP contribution in [0.2, 0.25) is 10.0 Å². The molecule has 0 radical (unpaired) electrons. The van der Waals surface area contributed by atoms with Crippen LogP contribution in [0, 0.1) is 20.8 Å². The Morgan fingerprint density at radius 1 is 0.825 bits per heavy atom. The largest absolute Gasteiger partial charge is 0.489 e. The normalized spacial score (nSPS) is 11.4. The molecule has 208 valence electrons. The Hall–Kier alpha value is -3.36. The molecule has 4 aromatic carbocycles. The molecular formula is C31H30Cl2N2O4S. The van der Waals surface area contributed by atoms with Crippen LogP contribution in [0.15, 0.2) is 89.8 Å². The fourth-order valence-electron chi connectivity index (χ4n) is 4.51. The lowest BCUT2D eigenvalue weighted by Crippen LogP contribution is -2.38. The highest BCUT2D eigenvalue weighted by Crippen LogP contribution is 2.28. The summed E-state index contributed by atoms with van der Waals surface area (Å²) in [6.45, 7) is 5.38. The molecule has 9 heteroatoms. The average Bonchev–Trinajstić information content (AvgIpc) is 2.90. The first kappa shape index (κ1) is 29.6. The number of nitrogens with one attached hydrogen (secondary N) is 1. The van der Waals surface area contributed by atoms with E-state index in [0.29, 0.717) is 44.8 Å². The molecule has 6 nitrogen and oxygen atoms in total. The molecule has 1 N–H and O–H groups in total. The first-order chi connectivity index (χ1) is 19.0. The minimum Gasteiger partial charge on any atom is -0.489 e. The third-order valence-electron chi connectivity index (χ3n) is 6.25. The molecule has 0 fully saturated rings. The predicted octanol–water partition coefficient (Wildman–Crippen LogP) is 7.33. The molecule has 4 rings (SSSR count). The summed E-state index contributed by atoms with van der Waals surface area (Å²) in [5, 5.41) is 3.46. The van der Waals surface area contributed by atoms with Crippen molar-refractivity contribution in [3.05, 3.63) is 123 Å². The number of ether oxygens (including phenoxy) is 1. The van der Waals surface area contributed by atoms with Gasteiger partial charge in [0.25, 0.3) is 0 Å². The fourth-order valence-corrected chi connectivity index (χ4v) is 6.62. The Bertz CT molecular complexity index is 1590. The van der Waals surface area contributed by atoms with Crippen molar-refractivity contribution in [2.75, 3.05) is 11.9 Å². The number of nitrogens with zero attached hydrogens (tertiary/aromatic N) is 1. The zero-order valence-corrected chi connectivity index (χ0v) is 24.8. The highest BCUT2D eigenvalue weighted by Gasteiger charge is 2.30. The van der Waals surface area contributed by atoms with Crippen LogP contribution in [-0.2, 0) is 28.0 Å². The number of sulfonamides is 1. The maximum atomic E-state index is 13.9. The van der Waals surface area contributed by atoms with Gasteiger partial charge >= 0.3 is 0 Å². The Morgan fingerprint density at radius 2 is 1.48 bits per heavy atom. The highest BCUT2D eigenvalue weighted by atomic mass is 35.5. The van der Waals surface area contributed by atoms with E-state index in [1.807, 2.05) is 49.4 Å². The van der Waals surface area contributed by atoms with E-state index in [1.165, 1.54) is 0 Å².